The Labute approximate surface area is 135 Å². The summed E-state index contributed by atoms with van der Waals surface area (Å²) in [4.78, 5) is 14.6. The van der Waals surface area contributed by atoms with Gasteiger partial charge < -0.3 is 15.0 Å². The molecule has 1 N–H and O–H groups in total. The molecular formula is C16H23BrN2O2. The number of piperidine rings is 1. The summed E-state index contributed by atoms with van der Waals surface area (Å²) in [5.41, 5.74) is 0. The molecule has 0 aliphatic carbocycles. The Bertz CT molecular complexity index is 456. The van der Waals surface area contributed by atoms with Crippen LogP contribution in [-0.4, -0.2) is 42.6 Å². The maximum atomic E-state index is 12.2. The summed E-state index contributed by atoms with van der Waals surface area (Å²) in [7, 11) is 0. The van der Waals surface area contributed by atoms with Gasteiger partial charge in [-0.3, -0.25) is 4.79 Å². The van der Waals surface area contributed by atoms with Crippen LogP contribution in [0.3, 0.4) is 0 Å². The van der Waals surface area contributed by atoms with E-state index in [1.807, 2.05) is 24.3 Å². The van der Waals surface area contributed by atoms with Gasteiger partial charge in [0, 0.05) is 23.6 Å². The predicted molar refractivity (Wildman–Crippen MR) is 87.5 cm³/mol. The molecule has 1 amide bonds. The summed E-state index contributed by atoms with van der Waals surface area (Å²) >= 11 is 3.38. The third-order valence-electron chi connectivity index (χ3n) is 3.88. The highest BCUT2D eigenvalue weighted by Crippen LogP contribution is 2.17. The average molecular weight is 355 g/mol. The highest BCUT2D eigenvalue weighted by atomic mass is 79.9. The lowest BCUT2D eigenvalue weighted by Gasteiger charge is -2.32. The number of benzene rings is 1. The van der Waals surface area contributed by atoms with Crippen molar-refractivity contribution in [3.05, 3.63) is 28.7 Å². The third-order valence-corrected chi connectivity index (χ3v) is 4.41. The van der Waals surface area contributed by atoms with Crippen molar-refractivity contribution in [3.63, 3.8) is 0 Å². The lowest BCUT2D eigenvalue weighted by Crippen LogP contribution is -2.48. The molecule has 4 nitrogen and oxygen atoms in total. The van der Waals surface area contributed by atoms with Crippen LogP contribution in [0.1, 0.15) is 26.7 Å². The van der Waals surface area contributed by atoms with Gasteiger partial charge in [-0.05, 0) is 50.6 Å². The van der Waals surface area contributed by atoms with Gasteiger partial charge in [0.1, 0.15) is 5.75 Å². The van der Waals surface area contributed by atoms with E-state index in [2.05, 4.69) is 33.1 Å². The molecule has 1 unspecified atom stereocenters. The molecule has 1 fully saturated rings. The van der Waals surface area contributed by atoms with E-state index in [4.69, 9.17) is 4.74 Å². The van der Waals surface area contributed by atoms with Crippen LogP contribution in [0.2, 0.25) is 0 Å². The summed E-state index contributed by atoms with van der Waals surface area (Å²) in [5, 5.41) is 3.10. The van der Waals surface area contributed by atoms with E-state index in [0.717, 1.165) is 36.9 Å². The molecule has 116 valence electrons. The number of likely N-dealkylation sites (tertiary alicyclic amines) is 1. The van der Waals surface area contributed by atoms with Crippen LogP contribution in [0, 0.1) is 0 Å². The topological polar surface area (TPSA) is 41.6 Å². The van der Waals surface area contributed by atoms with Crippen molar-refractivity contribution < 1.29 is 9.53 Å². The second kappa shape index (κ2) is 7.80. The van der Waals surface area contributed by atoms with Gasteiger partial charge in [0.05, 0.1) is 0 Å². The molecule has 21 heavy (non-hydrogen) atoms. The van der Waals surface area contributed by atoms with Crippen LogP contribution < -0.4 is 10.1 Å². The summed E-state index contributed by atoms with van der Waals surface area (Å²) < 4.78 is 6.67. The summed E-state index contributed by atoms with van der Waals surface area (Å²) in [5.74, 6) is 0.675. The molecule has 1 aliphatic rings. The van der Waals surface area contributed by atoms with E-state index in [1.165, 1.54) is 0 Å². The standard InChI is InChI=1S/C16H23BrN2O2/c1-3-19-10-8-14(9-11-19)18-16(20)12(2)21-15-6-4-13(17)5-7-15/h4-7,12,14H,3,8-11H2,1-2H3,(H,18,20). The SMILES string of the molecule is CCN1CCC(NC(=O)C(C)Oc2ccc(Br)cc2)CC1. The Hall–Kier alpha value is -1.07. The van der Waals surface area contributed by atoms with E-state index in [-0.39, 0.29) is 11.9 Å². The van der Waals surface area contributed by atoms with E-state index in [0.29, 0.717) is 5.75 Å². The number of carbonyl (C=O) groups excluding carboxylic acids is 1. The molecule has 1 aromatic rings. The second-order valence-corrected chi connectivity index (χ2v) is 6.35. The van der Waals surface area contributed by atoms with Crippen molar-refractivity contribution in [1.82, 2.24) is 10.2 Å². The van der Waals surface area contributed by atoms with Crippen LogP contribution in [0.5, 0.6) is 5.75 Å². The Balaban J connectivity index is 1.78. The van der Waals surface area contributed by atoms with Gasteiger partial charge in [-0.15, -0.1) is 0 Å². The number of halogens is 1. The van der Waals surface area contributed by atoms with Crippen molar-refractivity contribution >= 4 is 21.8 Å². The molecule has 0 saturated carbocycles. The fourth-order valence-corrected chi connectivity index (χ4v) is 2.75. The Morgan fingerprint density at radius 3 is 2.57 bits per heavy atom. The first-order chi connectivity index (χ1) is 10.1. The van der Waals surface area contributed by atoms with Gasteiger partial charge in [0.2, 0.25) is 0 Å². The predicted octanol–water partition coefficient (Wildman–Crippen LogP) is 2.82. The normalized spacial score (nSPS) is 18.2. The maximum absolute atomic E-state index is 12.2. The second-order valence-electron chi connectivity index (χ2n) is 5.43. The number of amides is 1. The number of hydrogen-bond acceptors (Lipinski definition) is 3. The summed E-state index contributed by atoms with van der Waals surface area (Å²) in [6, 6.07) is 7.79. The number of nitrogens with one attached hydrogen (secondary N) is 1. The molecule has 1 aliphatic heterocycles. The van der Waals surface area contributed by atoms with Crippen LogP contribution >= 0.6 is 15.9 Å². The van der Waals surface area contributed by atoms with Crippen LogP contribution in [0.25, 0.3) is 0 Å². The summed E-state index contributed by atoms with van der Waals surface area (Å²) in [6.07, 6.45) is 1.56. The fraction of sp³-hybridized carbons (Fsp3) is 0.562. The van der Waals surface area contributed by atoms with Crippen molar-refractivity contribution in [2.45, 2.75) is 38.8 Å². The summed E-state index contributed by atoms with van der Waals surface area (Å²) in [6.45, 7) is 7.17. The molecular weight excluding hydrogens is 332 g/mol. The van der Waals surface area contributed by atoms with Crippen molar-refractivity contribution in [3.8, 4) is 5.75 Å². The Kier molecular flexibility index (Phi) is 6.06. The van der Waals surface area contributed by atoms with E-state index in [9.17, 15) is 4.79 Å². The van der Waals surface area contributed by atoms with Crippen LogP contribution in [0.4, 0.5) is 0 Å². The van der Waals surface area contributed by atoms with Crippen LogP contribution in [-0.2, 0) is 4.79 Å². The first kappa shape index (κ1) is 16.3. The molecule has 0 bridgehead atoms. The molecule has 5 heteroatoms. The zero-order valence-electron chi connectivity index (χ0n) is 12.6. The monoisotopic (exact) mass is 354 g/mol. The first-order valence-corrected chi connectivity index (χ1v) is 8.32. The molecule has 1 atom stereocenters. The fourth-order valence-electron chi connectivity index (χ4n) is 2.48. The molecule has 0 aromatic heterocycles. The quantitative estimate of drug-likeness (QED) is 0.883. The number of carbonyl (C=O) groups is 1. The zero-order valence-corrected chi connectivity index (χ0v) is 14.2. The zero-order chi connectivity index (χ0) is 15.2. The molecule has 0 radical (unpaired) electrons. The highest BCUT2D eigenvalue weighted by Gasteiger charge is 2.22. The third kappa shape index (κ3) is 5.00. The molecule has 2 rings (SSSR count). The van der Waals surface area contributed by atoms with Crippen molar-refractivity contribution in [1.29, 1.82) is 0 Å². The van der Waals surface area contributed by atoms with Gasteiger partial charge in [-0.1, -0.05) is 22.9 Å². The number of ether oxygens (including phenoxy) is 1. The number of rotatable bonds is 5. The number of hydrogen-bond donors (Lipinski definition) is 1. The van der Waals surface area contributed by atoms with E-state index >= 15 is 0 Å². The highest BCUT2D eigenvalue weighted by molar-refractivity contribution is 9.10. The van der Waals surface area contributed by atoms with Crippen molar-refractivity contribution in [2.24, 2.45) is 0 Å². The first-order valence-electron chi connectivity index (χ1n) is 7.53. The van der Waals surface area contributed by atoms with Gasteiger partial charge in [0.15, 0.2) is 6.10 Å². The maximum Gasteiger partial charge on any atom is 0.260 e. The Morgan fingerprint density at radius 2 is 2.00 bits per heavy atom. The largest absolute Gasteiger partial charge is 0.481 e. The minimum absolute atomic E-state index is 0.0344. The van der Waals surface area contributed by atoms with Gasteiger partial charge in [0.25, 0.3) is 5.91 Å². The molecule has 0 spiro atoms. The van der Waals surface area contributed by atoms with E-state index in [1.54, 1.807) is 6.92 Å². The lowest BCUT2D eigenvalue weighted by atomic mass is 10.0. The van der Waals surface area contributed by atoms with Gasteiger partial charge in [-0.2, -0.15) is 0 Å². The molecule has 1 saturated heterocycles. The van der Waals surface area contributed by atoms with Crippen molar-refractivity contribution in [2.75, 3.05) is 19.6 Å². The number of nitrogens with zero attached hydrogens (tertiary/aromatic N) is 1. The average Bonchev–Trinajstić information content (AvgIpc) is 2.50. The van der Waals surface area contributed by atoms with Crippen LogP contribution in [0.15, 0.2) is 28.7 Å². The minimum atomic E-state index is -0.476. The van der Waals surface area contributed by atoms with E-state index < -0.39 is 6.10 Å². The Morgan fingerprint density at radius 1 is 1.38 bits per heavy atom. The van der Waals surface area contributed by atoms with Gasteiger partial charge >= 0.3 is 0 Å². The minimum Gasteiger partial charge on any atom is -0.481 e. The molecule has 1 aromatic carbocycles. The smallest absolute Gasteiger partial charge is 0.260 e. The van der Waals surface area contributed by atoms with Gasteiger partial charge in [-0.25, -0.2) is 0 Å². The lowest BCUT2D eigenvalue weighted by molar-refractivity contribution is -0.128. The molecule has 1 heterocycles.